The quantitative estimate of drug-likeness (QED) is 0.671. The van der Waals surface area contributed by atoms with E-state index in [9.17, 15) is 14.4 Å². The molecule has 0 heterocycles. The van der Waals surface area contributed by atoms with Gasteiger partial charge < -0.3 is 11.1 Å². The van der Waals surface area contributed by atoms with E-state index in [1.807, 2.05) is 13.8 Å². The molecule has 3 amide bonds. The van der Waals surface area contributed by atoms with Crippen LogP contribution in [0.25, 0.3) is 0 Å². The average Bonchev–Trinajstić information content (AvgIpc) is 2.44. The maximum atomic E-state index is 11.9. The maximum Gasteiger partial charge on any atom is 0.245 e. The number of nitrogens with one attached hydrogen (secondary N) is 2. The van der Waals surface area contributed by atoms with Crippen LogP contribution in [0.4, 0.5) is 0 Å². The molecule has 1 fully saturated rings. The highest BCUT2D eigenvalue weighted by Gasteiger charge is 2.23. The predicted octanol–water partition coefficient (Wildman–Crippen LogP) is 0.699. The third-order valence-electron chi connectivity index (χ3n) is 3.72. The molecule has 6 heteroatoms. The normalized spacial score (nSPS) is 17.3. The van der Waals surface area contributed by atoms with Crippen molar-refractivity contribution in [3.05, 3.63) is 0 Å². The van der Waals surface area contributed by atoms with Gasteiger partial charge in [0.05, 0.1) is 12.6 Å². The lowest BCUT2D eigenvalue weighted by Crippen LogP contribution is -2.47. The molecular weight excluding hydrogens is 270 g/mol. The summed E-state index contributed by atoms with van der Waals surface area (Å²) in [5.74, 6) is -0.811. The zero-order valence-electron chi connectivity index (χ0n) is 13.0. The molecule has 1 saturated carbocycles. The highest BCUT2D eigenvalue weighted by atomic mass is 16.2. The first-order valence-electron chi connectivity index (χ1n) is 7.77. The van der Waals surface area contributed by atoms with E-state index in [1.54, 1.807) is 0 Å². The lowest BCUT2D eigenvalue weighted by atomic mass is 9.89. The summed E-state index contributed by atoms with van der Waals surface area (Å²) in [6.45, 7) is 3.74. The van der Waals surface area contributed by atoms with Crippen LogP contribution in [0.1, 0.15) is 52.4 Å². The molecule has 0 radical (unpaired) electrons. The number of hydrogen-bond donors (Lipinski definition) is 3. The molecule has 0 unspecified atom stereocenters. The molecule has 1 aliphatic carbocycles. The minimum atomic E-state index is -0.619. The molecule has 6 nitrogen and oxygen atoms in total. The van der Waals surface area contributed by atoms with Gasteiger partial charge in [0.2, 0.25) is 17.7 Å². The van der Waals surface area contributed by atoms with Gasteiger partial charge in [-0.25, -0.2) is 0 Å². The van der Waals surface area contributed by atoms with Gasteiger partial charge in [0.15, 0.2) is 0 Å². The summed E-state index contributed by atoms with van der Waals surface area (Å²) in [4.78, 5) is 35.2. The summed E-state index contributed by atoms with van der Waals surface area (Å²) in [5.41, 5.74) is 5.71. The second-order valence-electron chi connectivity index (χ2n) is 6.20. The van der Waals surface area contributed by atoms with Gasteiger partial charge in [-0.1, -0.05) is 33.1 Å². The smallest absolute Gasteiger partial charge is 0.245 e. The first kappa shape index (κ1) is 17.6. The summed E-state index contributed by atoms with van der Waals surface area (Å²) in [5, 5.41) is 4.82. The second-order valence-corrected chi connectivity index (χ2v) is 6.20. The van der Waals surface area contributed by atoms with Gasteiger partial charge in [0, 0.05) is 5.92 Å². The van der Waals surface area contributed by atoms with Crippen LogP contribution in [0.2, 0.25) is 0 Å². The molecule has 0 saturated heterocycles. The van der Waals surface area contributed by atoms with Crippen LogP contribution in [0.3, 0.4) is 0 Å². The molecule has 1 atom stereocenters. The van der Waals surface area contributed by atoms with E-state index in [2.05, 4.69) is 10.6 Å². The first-order chi connectivity index (χ1) is 9.90. The Morgan fingerprint density at radius 2 is 1.76 bits per heavy atom. The molecular formula is C15H27N3O3. The molecule has 0 aliphatic heterocycles. The molecule has 21 heavy (non-hydrogen) atoms. The minimum Gasteiger partial charge on any atom is -0.346 e. The van der Waals surface area contributed by atoms with Gasteiger partial charge >= 0.3 is 0 Å². The fourth-order valence-corrected chi connectivity index (χ4v) is 2.56. The number of carbonyl (C=O) groups is 3. The van der Waals surface area contributed by atoms with Crippen LogP contribution in [-0.2, 0) is 14.4 Å². The largest absolute Gasteiger partial charge is 0.346 e. The van der Waals surface area contributed by atoms with Gasteiger partial charge in [0.25, 0.3) is 0 Å². The topological polar surface area (TPSA) is 101 Å². The van der Waals surface area contributed by atoms with Crippen LogP contribution in [0.5, 0.6) is 0 Å². The Kier molecular flexibility index (Phi) is 7.36. The Morgan fingerprint density at radius 3 is 2.33 bits per heavy atom. The second kappa shape index (κ2) is 8.77. The lowest BCUT2D eigenvalue weighted by Gasteiger charge is -2.20. The zero-order valence-corrected chi connectivity index (χ0v) is 13.0. The number of amides is 3. The Morgan fingerprint density at radius 1 is 1.14 bits per heavy atom. The number of rotatable bonds is 6. The fourth-order valence-electron chi connectivity index (χ4n) is 2.56. The summed E-state index contributed by atoms with van der Waals surface area (Å²) in [7, 11) is 0. The van der Waals surface area contributed by atoms with Gasteiger partial charge in [-0.05, 0) is 25.2 Å². The molecule has 0 aromatic heterocycles. The number of imide groups is 1. The standard InChI is InChI=1S/C15H27N3O3/c1-10(2)8-12(16)15(21)17-9-13(19)18-14(20)11-6-4-3-5-7-11/h10-12H,3-9,16H2,1-2H3,(H,17,21)(H,18,19,20)/t12-/m0/s1. The van der Waals surface area contributed by atoms with E-state index in [0.717, 1.165) is 32.1 Å². The van der Waals surface area contributed by atoms with Gasteiger partial charge in [0.1, 0.15) is 0 Å². The number of nitrogens with two attached hydrogens (primary N) is 1. The van der Waals surface area contributed by atoms with Crippen molar-refractivity contribution >= 4 is 17.7 Å². The third kappa shape index (κ3) is 6.71. The monoisotopic (exact) mass is 297 g/mol. The predicted molar refractivity (Wildman–Crippen MR) is 80.2 cm³/mol. The highest BCUT2D eigenvalue weighted by molar-refractivity contribution is 5.98. The Balaban J connectivity index is 2.26. The van der Waals surface area contributed by atoms with Crippen molar-refractivity contribution in [2.75, 3.05) is 6.54 Å². The average molecular weight is 297 g/mol. The Labute approximate surface area is 126 Å². The van der Waals surface area contributed by atoms with Crippen LogP contribution in [-0.4, -0.2) is 30.3 Å². The van der Waals surface area contributed by atoms with Crippen molar-refractivity contribution in [1.29, 1.82) is 0 Å². The van der Waals surface area contributed by atoms with Crippen molar-refractivity contribution < 1.29 is 14.4 Å². The Hall–Kier alpha value is -1.43. The molecule has 1 rings (SSSR count). The Bertz CT molecular complexity index is 376. The number of carbonyl (C=O) groups excluding carboxylic acids is 3. The fraction of sp³-hybridized carbons (Fsp3) is 0.800. The van der Waals surface area contributed by atoms with Crippen molar-refractivity contribution in [1.82, 2.24) is 10.6 Å². The number of hydrogen-bond acceptors (Lipinski definition) is 4. The van der Waals surface area contributed by atoms with Gasteiger partial charge in [-0.2, -0.15) is 0 Å². The first-order valence-corrected chi connectivity index (χ1v) is 7.77. The van der Waals surface area contributed by atoms with Crippen molar-refractivity contribution in [3.8, 4) is 0 Å². The van der Waals surface area contributed by atoms with E-state index >= 15 is 0 Å². The summed E-state index contributed by atoms with van der Waals surface area (Å²) >= 11 is 0. The maximum absolute atomic E-state index is 11.9. The van der Waals surface area contributed by atoms with E-state index in [4.69, 9.17) is 5.73 Å². The van der Waals surface area contributed by atoms with Crippen molar-refractivity contribution in [2.24, 2.45) is 17.6 Å². The van der Waals surface area contributed by atoms with Crippen LogP contribution in [0, 0.1) is 11.8 Å². The molecule has 1 aliphatic rings. The van der Waals surface area contributed by atoms with E-state index < -0.39 is 11.9 Å². The van der Waals surface area contributed by atoms with Gasteiger partial charge in [-0.3, -0.25) is 19.7 Å². The lowest BCUT2D eigenvalue weighted by molar-refractivity contribution is -0.134. The molecule has 0 spiro atoms. The van der Waals surface area contributed by atoms with Gasteiger partial charge in [-0.15, -0.1) is 0 Å². The highest BCUT2D eigenvalue weighted by Crippen LogP contribution is 2.23. The molecule has 4 N–H and O–H groups in total. The third-order valence-corrected chi connectivity index (χ3v) is 3.72. The zero-order chi connectivity index (χ0) is 15.8. The summed E-state index contributed by atoms with van der Waals surface area (Å²) in [6, 6.07) is -0.619. The van der Waals surface area contributed by atoms with E-state index in [1.165, 1.54) is 0 Å². The van der Waals surface area contributed by atoms with Crippen LogP contribution < -0.4 is 16.4 Å². The van der Waals surface area contributed by atoms with Crippen LogP contribution >= 0.6 is 0 Å². The minimum absolute atomic E-state index is 0.0680. The summed E-state index contributed by atoms with van der Waals surface area (Å²) < 4.78 is 0. The molecule has 0 bridgehead atoms. The van der Waals surface area contributed by atoms with Crippen molar-refractivity contribution in [3.63, 3.8) is 0 Å². The molecule has 0 aromatic carbocycles. The van der Waals surface area contributed by atoms with Crippen molar-refractivity contribution in [2.45, 2.75) is 58.4 Å². The van der Waals surface area contributed by atoms with E-state index in [-0.39, 0.29) is 24.3 Å². The summed E-state index contributed by atoms with van der Waals surface area (Å²) in [6.07, 6.45) is 5.46. The SMILES string of the molecule is CC(C)C[C@H](N)C(=O)NCC(=O)NC(=O)C1CCCCC1. The van der Waals surface area contributed by atoms with E-state index in [0.29, 0.717) is 12.3 Å². The molecule has 0 aromatic rings. The van der Waals surface area contributed by atoms with Crippen LogP contribution in [0.15, 0.2) is 0 Å². The molecule has 120 valence electrons.